The molecule has 1 aliphatic rings. The lowest BCUT2D eigenvalue weighted by Crippen LogP contribution is -2.13. The average Bonchev–Trinajstić information content (AvgIpc) is 2.95. The van der Waals surface area contributed by atoms with Crippen molar-refractivity contribution in [3.63, 3.8) is 0 Å². The largest absolute Gasteiger partial charge is 0.300 e. The fourth-order valence-corrected chi connectivity index (χ4v) is 3.22. The minimum Gasteiger partial charge on any atom is -0.300 e. The summed E-state index contributed by atoms with van der Waals surface area (Å²) in [5, 5.41) is 9.26. The quantitative estimate of drug-likeness (QED) is 0.829. The van der Waals surface area contributed by atoms with Gasteiger partial charge in [-0.1, -0.05) is 6.07 Å². The van der Waals surface area contributed by atoms with E-state index in [4.69, 9.17) is 5.14 Å². The maximum absolute atomic E-state index is 11.3. The fourth-order valence-electron chi connectivity index (χ4n) is 2.04. The van der Waals surface area contributed by atoms with Crippen LogP contribution in [0.4, 0.5) is 0 Å². The van der Waals surface area contributed by atoms with Crippen molar-refractivity contribution in [3.8, 4) is 0 Å². The second kappa shape index (κ2) is 4.09. The number of nitrogens with two attached hydrogens (primary N) is 1. The Morgan fingerprint density at radius 2 is 2.28 bits per heavy atom. The van der Waals surface area contributed by atoms with Crippen molar-refractivity contribution in [2.45, 2.75) is 17.5 Å². The van der Waals surface area contributed by atoms with Crippen molar-refractivity contribution in [3.05, 3.63) is 40.7 Å². The number of nitrogens with zero attached hydrogens (tertiary/aromatic N) is 2. The zero-order valence-electron chi connectivity index (χ0n) is 9.20. The van der Waals surface area contributed by atoms with Gasteiger partial charge in [0, 0.05) is 6.54 Å². The molecule has 0 saturated heterocycles. The van der Waals surface area contributed by atoms with E-state index in [-0.39, 0.29) is 10.9 Å². The van der Waals surface area contributed by atoms with Crippen molar-refractivity contribution >= 4 is 21.6 Å². The van der Waals surface area contributed by atoms with Gasteiger partial charge in [-0.05, 0) is 34.8 Å². The highest BCUT2D eigenvalue weighted by Crippen LogP contribution is 2.32. The summed E-state index contributed by atoms with van der Waals surface area (Å²) in [4.78, 5) is 4.31. The molecule has 1 aliphatic heterocycles. The number of rotatable bonds is 2. The van der Waals surface area contributed by atoms with Gasteiger partial charge < -0.3 is 5.32 Å². The molecule has 94 valence electrons. The van der Waals surface area contributed by atoms with Gasteiger partial charge in [0.2, 0.25) is 10.0 Å². The van der Waals surface area contributed by atoms with Gasteiger partial charge >= 0.3 is 0 Å². The van der Waals surface area contributed by atoms with Gasteiger partial charge in [-0.2, -0.15) is 4.37 Å². The van der Waals surface area contributed by atoms with Gasteiger partial charge in [-0.25, -0.2) is 18.5 Å². The lowest BCUT2D eigenvalue weighted by molar-refractivity contribution is 0.597. The zero-order valence-corrected chi connectivity index (χ0v) is 10.8. The summed E-state index contributed by atoms with van der Waals surface area (Å²) in [5.41, 5.74) is 1.96. The summed E-state index contributed by atoms with van der Waals surface area (Å²) in [7, 11) is -3.65. The van der Waals surface area contributed by atoms with Crippen molar-refractivity contribution in [2.24, 2.45) is 5.14 Å². The first-order chi connectivity index (χ1) is 8.55. The third kappa shape index (κ3) is 1.93. The second-order valence-corrected chi connectivity index (χ2v) is 6.37. The van der Waals surface area contributed by atoms with Crippen molar-refractivity contribution < 1.29 is 8.42 Å². The molecule has 18 heavy (non-hydrogen) atoms. The molecule has 3 N–H and O–H groups in total. The number of sulfonamides is 1. The Bertz CT molecular complexity index is 682. The second-order valence-electron chi connectivity index (χ2n) is 4.00. The molecule has 0 bridgehead atoms. The van der Waals surface area contributed by atoms with Gasteiger partial charge in [-0.3, -0.25) is 0 Å². The molecule has 1 aromatic heterocycles. The lowest BCUT2D eigenvalue weighted by atomic mass is 10.1. The Labute approximate surface area is 108 Å². The van der Waals surface area contributed by atoms with Crippen LogP contribution >= 0.6 is 11.5 Å². The Morgan fingerprint density at radius 1 is 1.44 bits per heavy atom. The minimum absolute atomic E-state index is 0.0120. The van der Waals surface area contributed by atoms with Gasteiger partial charge in [0.15, 0.2) is 0 Å². The predicted octanol–water partition coefficient (Wildman–Crippen LogP) is 0.378. The van der Waals surface area contributed by atoms with E-state index in [1.807, 2.05) is 0 Å². The topological polar surface area (TPSA) is 98.0 Å². The summed E-state index contributed by atoms with van der Waals surface area (Å²) >= 11 is 1.33. The normalized spacial score (nSPS) is 18.8. The highest BCUT2D eigenvalue weighted by atomic mass is 32.2. The number of nitrogens with one attached hydrogen (secondary N) is 1. The van der Waals surface area contributed by atoms with E-state index in [1.165, 1.54) is 23.9 Å². The van der Waals surface area contributed by atoms with E-state index >= 15 is 0 Å². The minimum atomic E-state index is -3.65. The fraction of sp³-hybridized carbons (Fsp3) is 0.200. The first kappa shape index (κ1) is 11.7. The van der Waals surface area contributed by atoms with Gasteiger partial charge in [0.25, 0.3) is 0 Å². The summed E-state index contributed by atoms with van der Waals surface area (Å²) in [6.45, 7) is 0.600. The Morgan fingerprint density at radius 3 is 2.94 bits per heavy atom. The van der Waals surface area contributed by atoms with E-state index in [2.05, 4.69) is 14.7 Å². The molecule has 1 aromatic carbocycles. The van der Waals surface area contributed by atoms with Crippen LogP contribution in [0.2, 0.25) is 0 Å². The molecule has 0 radical (unpaired) electrons. The molecule has 3 rings (SSSR count). The monoisotopic (exact) mass is 282 g/mol. The molecule has 0 amide bonds. The van der Waals surface area contributed by atoms with Crippen LogP contribution in [0.15, 0.2) is 29.4 Å². The van der Waals surface area contributed by atoms with Crippen LogP contribution in [0, 0.1) is 0 Å². The van der Waals surface area contributed by atoms with Gasteiger partial charge in [0.1, 0.15) is 11.3 Å². The lowest BCUT2D eigenvalue weighted by Gasteiger charge is -2.08. The zero-order chi connectivity index (χ0) is 12.8. The van der Waals surface area contributed by atoms with Crippen molar-refractivity contribution in [1.29, 1.82) is 0 Å². The van der Waals surface area contributed by atoms with Crippen molar-refractivity contribution in [1.82, 2.24) is 14.7 Å². The van der Waals surface area contributed by atoms with Crippen LogP contribution in [-0.2, 0) is 16.6 Å². The summed E-state index contributed by atoms with van der Waals surface area (Å²) in [6.07, 6.45) is 1.51. The van der Waals surface area contributed by atoms with E-state index in [9.17, 15) is 8.42 Å². The number of benzene rings is 1. The van der Waals surface area contributed by atoms with Crippen LogP contribution in [0.25, 0.3) is 0 Å². The summed E-state index contributed by atoms with van der Waals surface area (Å²) < 4.78 is 26.5. The maximum atomic E-state index is 11.3. The maximum Gasteiger partial charge on any atom is 0.238 e. The average molecular weight is 282 g/mol. The third-order valence-corrected chi connectivity index (χ3v) is 4.51. The highest BCUT2D eigenvalue weighted by Gasteiger charge is 2.26. The third-order valence-electron chi connectivity index (χ3n) is 2.88. The molecule has 6 nitrogen and oxygen atoms in total. The Kier molecular flexibility index (Phi) is 2.67. The van der Waals surface area contributed by atoms with E-state index < -0.39 is 10.0 Å². The summed E-state index contributed by atoms with van der Waals surface area (Å²) in [6, 6.07) is 4.90. The predicted molar refractivity (Wildman–Crippen MR) is 66.4 cm³/mol. The number of primary sulfonamides is 1. The smallest absolute Gasteiger partial charge is 0.238 e. The van der Waals surface area contributed by atoms with E-state index in [1.54, 1.807) is 12.1 Å². The molecular formula is C10H10N4O2S2. The van der Waals surface area contributed by atoms with Crippen LogP contribution in [0.5, 0.6) is 0 Å². The van der Waals surface area contributed by atoms with Gasteiger partial charge in [0.05, 0.1) is 10.9 Å². The Hall–Kier alpha value is -1.35. The Balaban J connectivity index is 2.05. The molecule has 1 unspecified atom stereocenters. The molecule has 2 aromatic rings. The number of hydrogen-bond acceptors (Lipinski definition) is 6. The molecule has 0 spiro atoms. The number of fused-ring (bicyclic) bond motifs is 1. The number of hydrogen-bond donors (Lipinski definition) is 2. The van der Waals surface area contributed by atoms with E-state index in [0.29, 0.717) is 6.54 Å². The molecule has 2 heterocycles. The standard InChI is InChI=1S/C10H10N4O2S2/c11-18(15,16)7-1-2-8-6(3-7)4-12-9(8)10-13-5-14-17-10/h1-3,5,9,12H,4H2,(H2,11,15,16). The number of aromatic nitrogens is 2. The molecule has 1 atom stereocenters. The SMILES string of the molecule is NS(=O)(=O)c1ccc2c(c1)CNC2c1ncns1. The molecule has 8 heteroatoms. The molecule has 0 saturated carbocycles. The van der Waals surface area contributed by atoms with Crippen LogP contribution in [0.1, 0.15) is 22.2 Å². The van der Waals surface area contributed by atoms with Gasteiger partial charge in [-0.15, -0.1) is 0 Å². The summed E-state index contributed by atoms with van der Waals surface area (Å²) in [5.74, 6) is 0. The van der Waals surface area contributed by atoms with Crippen molar-refractivity contribution in [2.75, 3.05) is 0 Å². The highest BCUT2D eigenvalue weighted by molar-refractivity contribution is 7.89. The van der Waals surface area contributed by atoms with E-state index in [0.717, 1.165) is 16.1 Å². The molecular weight excluding hydrogens is 272 g/mol. The van der Waals surface area contributed by atoms with Crippen LogP contribution in [-0.4, -0.2) is 17.8 Å². The molecule has 0 aliphatic carbocycles. The molecule has 0 fully saturated rings. The first-order valence-electron chi connectivity index (χ1n) is 5.21. The van der Waals surface area contributed by atoms with Crippen LogP contribution < -0.4 is 10.5 Å². The first-order valence-corrected chi connectivity index (χ1v) is 7.53. The van der Waals surface area contributed by atoms with Crippen LogP contribution in [0.3, 0.4) is 0 Å².